The summed E-state index contributed by atoms with van der Waals surface area (Å²) in [6.45, 7) is 1.90. The zero-order valence-corrected chi connectivity index (χ0v) is 10.3. The Morgan fingerprint density at radius 2 is 2.00 bits per heavy atom. The van der Waals surface area contributed by atoms with Gasteiger partial charge in [-0.3, -0.25) is 0 Å². The first-order chi connectivity index (χ1) is 4.48. The molecule has 0 fully saturated rings. The Balaban J connectivity index is 0. The van der Waals surface area contributed by atoms with Crippen LogP contribution in [0.5, 0.6) is 0 Å². The van der Waals surface area contributed by atoms with Crippen molar-refractivity contribution >= 4 is 21.7 Å². The summed E-state index contributed by atoms with van der Waals surface area (Å²) in [5.41, 5.74) is 0. The summed E-state index contributed by atoms with van der Waals surface area (Å²) in [5, 5.41) is 0. The van der Waals surface area contributed by atoms with Crippen LogP contribution in [-0.4, -0.2) is 17.7 Å². The van der Waals surface area contributed by atoms with E-state index in [0.717, 1.165) is 6.42 Å². The first-order valence-electron chi connectivity index (χ1n) is 3.07. The molecule has 0 aliphatic carbocycles. The van der Waals surface area contributed by atoms with Crippen molar-refractivity contribution < 1.29 is 42.5 Å². The van der Waals surface area contributed by atoms with Crippen LogP contribution >= 0.6 is 11.6 Å². The van der Waals surface area contributed by atoms with Gasteiger partial charge >= 0.3 is 29.6 Å². The van der Waals surface area contributed by atoms with Gasteiger partial charge in [0.25, 0.3) is 0 Å². The number of hydrogen-bond donors (Lipinski definition) is 0. The van der Waals surface area contributed by atoms with Crippen LogP contribution in [0.25, 0.3) is 0 Å². The van der Waals surface area contributed by atoms with E-state index in [0.29, 0.717) is 6.42 Å². The molecule has 0 aromatic carbocycles. The molecule has 11 heavy (non-hydrogen) atoms. The average Bonchev–Trinajstić information content (AvgIpc) is 1.80. The zero-order valence-electron chi connectivity index (χ0n) is 6.71. The largest absolute Gasteiger partial charge is 1.00 e. The van der Waals surface area contributed by atoms with Gasteiger partial charge in [0.15, 0.2) is 0 Å². The Morgan fingerprint density at radius 3 is 2.27 bits per heavy atom. The van der Waals surface area contributed by atoms with Gasteiger partial charge in [0.1, 0.15) is 14.8 Å². The molecule has 3 nitrogen and oxygen atoms in total. The van der Waals surface area contributed by atoms with Gasteiger partial charge in [-0.15, -0.1) is 11.6 Å². The zero-order chi connectivity index (χ0) is 8.20. The number of unbranched alkanes of at least 4 members (excludes halogenated alkanes) is 1. The minimum Gasteiger partial charge on any atom is -0.747 e. The molecule has 0 heterocycles. The van der Waals surface area contributed by atoms with Gasteiger partial charge in [-0.25, -0.2) is 8.42 Å². The molecule has 0 amide bonds. The van der Waals surface area contributed by atoms with Crippen molar-refractivity contribution in [3.63, 3.8) is 0 Å². The van der Waals surface area contributed by atoms with E-state index in [1.165, 1.54) is 0 Å². The first kappa shape index (κ1) is 14.7. The van der Waals surface area contributed by atoms with Gasteiger partial charge in [-0.2, -0.15) is 0 Å². The normalized spacial score (nSPS) is 13.7. The van der Waals surface area contributed by atoms with Crippen LogP contribution in [-0.2, 0) is 10.1 Å². The number of halogens is 1. The quantitative estimate of drug-likeness (QED) is 0.314. The molecule has 0 aromatic rings. The smallest absolute Gasteiger partial charge is 0.747 e. The molecule has 0 bridgehead atoms. The monoisotopic (exact) mass is 208 g/mol. The van der Waals surface area contributed by atoms with E-state index in [9.17, 15) is 13.0 Å². The van der Waals surface area contributed by atoms with Crippen LogP contribution in [0.3, 0.4) is 0 Å². The maximum atomic E-state index is 10.1. The van der Waals surface area contributed by atoms with E-state index in [1.807, 2.05) is 6.92 Å². The van der Waals surface area contributed by atoms with Crippen molar-refractivity contribution in [3.8, 4) is 0 Å². The van der Waals surface area contributed by atoms with E-state index in [-0.39, 0.29) is 36.0 Å². The standard InChI is InChI=1S/C5H11ClO3S.Na/c1-2-3-4-5(6)10(7,8)9;/h5H,2-4H2,1H3,(H,7,8,9);/q;+1/p-1. The summed E-state index contributed by atoms with van der Waals surface area (Å²) in [6.07, 6.45) is 1.78. The van der Waals surface area contributed by atoms with Crippen molar-refractivity contribution in [2.24, 2.45) is 0 Å². The summed E-state index contributed by atoms with van der Waals surface area (Å²) in [7, 11) is -4.26. The molecule has 0 N–H and O–H groups in total. The maximum absolute atomic E-state index is 10.1. The van der Waals surface area contributed by atoms with Crippen LogP contribution in [0.15, 0.2) is 0 Å². The summed E-state index contributed by atoms with van der Waals surface area (Å²) < 4.78 is 29.2. The molecule has 0 aliphatic heterocycles. The molecule has 6 heteroatoms. The fourth-order valence-electron chi connectivity index (χ4n) is 0.509. The Bertz CT molecular complexity index is 180. The van der Waals surface area contributed by atoms with Gasteiger partial charge in [0.2, 0.25) is 0 Å². The third kappa shape index (κ3) is 7.56. The predicted octanol–water partition coefficient (Wildman–Crippen LogP) is -1.71. The third-order valence-corrected chi connectivity index (χ3v) is 2.83. The Morgan fingerprint density at radius 1 is 1.55 bits per heavy atom. The topological polar surface area (TPSA) is 57.2 Å². The van der Waals surface area contributed by atoms with Gasteiger partial charge in [0, 0.05) is 0 Å². The second kappa shape index (κ2) is 6.69. The van der Waals surface area contributed by atoms with Gasteiger partial charge in [-0.05, 0) is 6.42 Å². The van der Waals surface area contributed by atoms with Crippen molar-refractivity contribution in [1.82, 2.24) is 0 Å². The number of hydrogen-bond acceptors (Lipinski definition) is 3. The van der Waals surface area contributed by atoms with Crippen LogP contribution in [0.2, 0.25) is 0 Å². The summed E-state index contributed by atoms with van der Waals surface area (Å²) in [4.78, 5) is 0. The predicted molar refractivity (Wildman–Crippen MR) is 38.9 cm³/mol. The molecular formula is C5H10ClNaO3S. The fraction of sp³-hybridized carbons (Fsp3) is 1.00. The van der Waals surface area contributed by atoms with Gasteiger partial charge in [0.05, 0.1) is 0 Å². The molecule has 0 saturated carbocycles. The van der Waals surface area contributed by atoms with Crippen molar-refractivity contribution in [2.45, 2.75) is 30.9 Å². The summed E-state index contributed by atoms with van der Waals surface area (Å²) >= 11 is 5.24. The Kier molecular flexibility index (Phi) is 8.94. The number of alkyl halides is 1. The Labute approximate surface area is 94.5 Å². The van der Waals surface area contributed by atoms with Crippen molar-refractivity contribution in [3.05, 3.63) is 0 Å². The molecular weight excluding hydrogens is 199 g/mol. The SMILES string of the molecule is CCCCC(Cl)S(=O)(=O)[O-].[Na+]. The molecule has 0 spiro atoms. The second-order valence-corrected chi connectivity index (χ2v) is 4.39. The van der Waals surface area contributed by atoms with Crippen molar-refractivity contribution in [1.29, 1.82) is 0 Å². The molecule has 0 rings (SSSR count). The van der Waals surface area contributed by atoms with E-state index in [2.05, 4.69) is 0 Å². The maximum Gasteiger partial charge on any atom is 1.00 e. The van der Waals surface area contributed by atoms with Crippen LogP contribution in [0, 0.1) is 0 Å². The molecule has 0 aliphatic rings. The molecule has 0 aromatic heterocycles. The summed E-state index contributed by atoms with van der Waals surface area (Å²) in [6, 6.07) is 0. The van der Waals surface area contributed by atoms with Gasteiger partial charge < -0.3 is 4.55 Å². The van der Waals surface area contributed by atoms with Crippen molar-refractivity contribution in [2.75, 3.05) is 0 Å². The molecule has 0 radical (unpaired) electrons. The average molecular weight is 209 g/mol. The van der Waals surface area contributed by atoms with E-state index in [1.54, 1.807) is 0 Å². The molecule has 1 unspecified atom stereocenters. The number of rotatable bonds is 4. The van der Waals surface area contributed by atoms with Crippen LogP contribution in [0.1, 0.15) is 26.2 Å². The minimum atomic E-state index is -4.26. The van der Waals surface area contributed by atoms with Crippen LogP contribution < -0.4 is 29.6 Å². The van der Waals surface area contributed by atoms with E-state index < -0.39 is 14.8 Å². The first-order valence-corrected chi connectivity index (χ1v) is 4.98. The second-order valence-electron chi connectivity index (χ2n) is 2.05. The fourth-order valence-corrected chi connectivity index (χ4v) is 1.12. The van der Waals surface area contributed by atoms with Crippen LogP contribution in [0.4, 0.5) is 0 Å². The third-order valence-electron chi connectivity index (χ3n) is 1.10. The van der Waals surface area contributed by atoms with E-state index >= 15 is 0 Å². The van der Waals surface area contributed by atoms with Gasteiger partial charge in [-0.1, -0.05) is 19.8 Å². The molecule has 0 saturated heterocycles. The minimum absolute atomic E-state index is 0. The Hall–Kier alpha value is 1.20. The summed E-state index contributed by atoms with van der Waals surface area (Å²) in [5.74, 6) is 0. The molecule has 1 atom stereocenters. The molecule has 62 valence electrons. The van der Waals surface area contributed by atoms with E-state index in [4.69, 9.17) is 11.6 Å².